The molecule has 106 valence electrons. The van der Waals surface area contributed by atoms with Gasteiger partial charge < -0.3 is 9.47 Å². The van der Waals surface area contributed by atoms with Gasteiger partial charge in [0, 0.05) is 34.9 Å². The van der Waals surface area contributed by atoms with E-state index in [2.05, 4.69) is 4.36 Å². The average Bonchev–Trinajstić information content (AvgIpc) is 2.27. The first-order valence-electron chi connectivity index (χ1n) is 5.96. The molecule has 0 saturated heterocycles. The van der Waals surface area contributed by atoms with E-state index in [-0.39, 0.29) is 12.4 Å². The van der Waals surface area contributed by atoms with E-state index < -0.39 is 9.73 Å². The smallest absolute Gasteiger partial charge is 0.313 e. The van der Waals surface area contributed by atoms with E-state index in [0.29, 0.717) is 24.7 Å². The standard InChI is InChI=1S/C13H19NO4S/c1-4-17-9-8-13(15)18-12-7-5-6-11(10-12)14-19(2,3)16/h5-7,10H,4,8-9H2,1-3H3. The Bertz CT molecular complexity index is 539. The second-order valence-electron chi connectivity index (χ2n) is 4.19. The Morgan fingerprint density at radius 3 is 2.74 bits per heavy atom. The molecular weight excluding hydrogens is 266 g/mol. The summed E-state index contributed by atoms with van der Waals surface area (Å²) in [5, 5.41) is 0. The van der Waals surface area contributed by atoms with Crippen LogP contribution < -0.4 is 4.74 Å². The molecule has 0 radical (unpaired) electrons. The highest BCUT2D eigenvalue weighted by atomic mass is 32.2. The molecule has 0 amide bonds. The molecule has 6 heteroatoms. The Morgan fingerprint density at radius 1 is 1.37 bits per heavy atom. The molecule has 0 saturated carbocycles. The van der Waals surface area contributed by atoms with Gasteiger partial charge in [-0.15, -0.1) is 0 Å². The summed E-state index contributed by atoms with van der Waals surface area (Å²) in [6, 6.07) is 6.66. The van der Waals surface area contributed by atoms with E-state index in [1.54, 1.807) is 36.8 Å². The molecule has 0 aliphatic rings. The molecule has 0 spiro atoms. The van der Waals surface area contributed by atoms with Crippen LogP contribution in [0.2, 0.25) is 0 Å². The lowest BCUT2D eigenvalue weighted by molar-refractivity contribution is -0.135. The third-order valence-electron chi connectivity index (χ3n) is 2.03. The molecule has 5 nitrogen and oxygen atoms in total. The normalized spacial score (nSPS) is 11.1. The number of nitrogens with zero attached hydrogens (tertiary/aromatic N) is 1. The van der Waals surface area contributed by atoms with Crippen molar-refractivity contribution in [2.45, 2.75) is 13.3 Å². The molecule has 1 aromatic rings. The van der Waals surface area contributed by atoms with Gasteiger partial charge in [0.2, 0.25) is 0 Å². The van der Waals surface area contributed by atoms with Crippen molar-refractivity contribution in [1.82, 2.24) is 0 Å². The number of benzene rings is 1. The van der Waals surface area contributed by atoms with Gasteiger partial charge >= 0.3 is 5.97 Å². The van der Waals surface area contributed by atoms with Crippen molar-refractivity contribution in [3.05, 3.63) is 24.3 Å². The predicted octanol–water partition coefficient (Wildman–Crippen LogP) is 2.38. The van der Waals surface area contributed by atoms with Gasteiger partial charge in [-0.05, 0) is 19.1 Å². The number of esters is 1. The fourth-order valence-electron chi connectivity index (χ4n) is 1.34. The Balaban J connectivity index is 2.68. The van der Waals surface area contributed by atoms with Crippen LogP contribution in [0.4, 0.5) is 5.69 Å². The van der Waals surface area contributed by atoms with Crippen LogP contribution >= 0.6 is 0 Å². The first kappa shape index (κ1) is 15.7. The van der Waals surface area contributed by atoms with Gasteiger partial charge in [-0.3, -0.25) is 4.79 Å². The number of hydrogen-bond acceptors (Lipinski definition) is 5. The number of carbonyl (C=O) groups excluding carboxylic acids is 1. The Hall–Kier alpha value is -1.40. The molecule has 0 aliphatic heterocycles. The van der Waals surface area contributed by atoms with Crippen LogP contribution in [0.15, 0.2) is 28.6 Å². The van der Waals surface area contributed by atoms with Crippen LogP contribution in [0.5, 0.6) is 5.75 Å². The van der Waals surface area contributed by atoms with Crippen molar-refractivity contribution < 1.29 is 18.5 Å². The minimum absolute atomic E-state index is 0.202. The zero-order valence-electron chi connectivity index (χ0n) is 11.4. The van der Waals surface area contributed by atoms with Crippen LogP contribution in [-0.4, -0.2) is 35.9 Å². The quantitative estimate of drug-likeness (QED) is 0.457. The molecular formula is C13H19NO4S. The minimum Gasteiger partial charge on any atom is -0.426 e. The van der Waals surface area contributed by atoms with Crippen LogP contribution in [0.25, 0.3) is 0 Å². The van der Waals surface area contributed by atoms with E-state index >= 15 is 0 Å². The summed E-state index contributed by atoms with van der Waals surface area (Å²) in [5.41, 5.74) is 0.533. The molecule has 0 aromatic heterocycles. The van der Waals surface area contributed by atoms with Crippen LogP contribution in [-0.2, 0) is 19.3 Å². The van der Waals surface area contributed by atoms with Gasteiger partial charge in [0.05, 0.1) is 18.7 Å². The maximum Gasteiger partial charge on any atom is 0.313 e. The van der Waals surface area contributed by atoms with Gasteiger partial charge in [0.15, 0.2) is 0 Å². The van der Waals surface area contributed by atoms with E-state index in [1.807, 2.05) is 6.92 Å². The van der Waals surface area contributed by atoms with Crippen molar-refractivity contribution in [1.29, 1.82) is 0 Å². The van der Waals surface area contributed by atoms with Gasteiger partial charge in [-0.25, -0.2) is 4.21 Å². The zero-order valence-corrected chi connectivity index (χ0v) is 12.2. The summed E-state index contributed by atoms with van der Waals surface area (Å²) < 4.78 is 25.8. The summed E-state index contributed by atoms with van der Waals surface area (Å²) in [6.45, 7) is 2.78. The SMILES string of the molecule is CCOCCC(=O)Oc1cccc(N=S(C)(C)=O)c1. The summed E-state index contributed by atoms with van der Waals surface area (Å²) in [5.74, 6) is 0.0331. The highest BCUT2D eigenvalue weighted by Crippen LogP contribution is 2.21. The van der Waals surface area contributed by atoms with E-state index in [4.69, 9.17) is 9.47 Å². The Labute approximate surface area is 114 Å². The maximum atomic E-state index is 11.6. The molecule has 1 aromatic carbocycles. The number of rotatable bonds is 6. The second-order valence-corrected chi connectivity index (χ2v) is 6.74. The molecule has 19 heavy (non-hydrogen) atoms. The van der Waals surface area contributed by atoms with Crippen LogP contribution in [0.3, 0.4) is 0 Å². The van der Waals surface area contributed by atoms with E-state index in [9.17, 15) is 9.00 Å². The lowest BCUT2D eigenvalue weighted by Crippen LogP contribution is -2.11. The minimum atomic E-state index is -2.23. The molecule has 0 N–H and O–H groups in total. The molecule has 0 heterocycles. The van der Waals surface area contributed by atoms with Gasteiger partial charge in [0.25, 0.3) is 0 Å². The Morgan fingerprint density at radius 2 is 2.11 bits per heavy atom. The van der Waals surface area contributed by atoms with Crippen molar-refractivity contribution in [3.8, 4) is 5.75 Å². The fourth-order valence-corrected chi connectivity index (χ4v) is 1.96. The molecule has 0 aliphatic carbocycles. The number of hydrogen-bond donors (Lipinski definition) is 0. The van der Waals surface area contributed by atoms with Crippen LogP contribution in [0.1, 0.15) is 13.3 Å². The molecule has 1 rings (SSSR count). The summed E-state index contributed by atoms with van der Waals surface area (Å²) in [7, 11) is -2.23. The monoisotopic (exact) mass is 285 g/mol. The summed E-state index contributed by atoms with van der Waals surface area (Å²) >= 11 is 0. The largest absolute Gasteiger partial charge is 0.426 e. The predicted molar refractivity (Wildman–Crippen MR) is 75.3 cm³/mol. The van der Waals surface area contributed by atoms with Crippen LogP contribution in [0, 0.1) is 0 Å². The summed E-state index contributed by atoms with van der Waals surface area (Å²) in [6.07, 6.45) is 3.30. The van der Waals surface area contributed by atoms with Crippen molar-refractivity contribution in [2.75, 3.05) is 25.7 Å². The lowest BCUT2D eigenvalue weighted by Gasteiger charge is -2.05. The van der Waals surface area contributed by atoms with E-state index in [1.165, 1.54) is 0 Å². The zero-order chi connectivity index (χ0) is 14.3. The van der Waals surface area contributed by atoms with Gasteiger partial charge in [-0.2, -0.15) is 4.36 Å². The molecule has 0 atom stereocenters. The van der Waals surface area contributed by atoms with E-state index in [0.717, 1.165) is 0 Å². The molecule has 0 bridgehead atoms. The van der Waals surface area contributed by atoms with Gasteiger partial charge in [0.1, 0.15) is 5.75 Å². The number of ether oxygens (including phenoxy) is 2. The van der Waals surface area contributed by atoms with Crippen molar-refractivity contribution >= 4 is 21.4 Å². The first-order chi connectivity index (χ1) is 8.90. The topological polar surface area (TPSA) is 65.0 Å². The van der Waals surface area contributed by atoms with Crippen molar-refractivity contribution in [3.63, 3.8) is 0 Å². The average molecular weight is 285 g/mol. The molecule has 0 unspecified atom stereocenters. The highest BCUT2D eigenvalue weighted by molar-refractivity contribution is 7.92. The van der Waals surface area contributed by atoms with Crippen molar-refractivity contribution in [2.24, 2.45) is 4.36 Å². The summed E-state index contributed by atoms with van der Waals surface area (Å²) in [4.78, 5) is 11.5. The second kappa shape index (κ2) is 7.25. The highest BCUT2D eigenvalue weighted by Gasteiger charge is 2.05. The first-order valence-corrected chi connectivity index (χ1v) is 8.29. The maximum absolute atomic E-state index is 11.6. The Kier molecular flexibility index (Phi) is 5.98. The molecule has 0 fully saturated rings. The third-order valence-corrected chi connectivity index (χ3v) is 2.68. The van der Waals surface area contributed by atoms with Gasteiger partial charge in [-0.1, -0.05) is 6.07 Å². The third kappa shape index (κ3) is 6.93. The lowest BCUT2D eigenvalue weighted by atomic mass is 10.3. The number of carbonyl (C=O) groups is 1. The fraction of sp³-hybridized carbons (Fsp3) is 0.462.